The summed E-state index contributed by atoms with van der Waals surface area (Å²) in [6, 6.07) is 3.02. The number of rotatable bonds is 6. The quantitative estimate of drug-likeness (QED) is 0.816. The molecule has 0 radical (unpaired) electrons. The van der Waals surface area contributed by atoms with Crippen LogP contribution in [0.1, 0.15) is 39.4 Å². The molecule has 1 heterocycles. The summed E-state index contributed by atoms with van der Waals surface area (Å²) in [4.78, 5) is 0. The SMILES string of the molecule is CC(C)C(CBr)NCc1ccn(C(C)C)n1. The van der Waals surface area contributed by atoms with Gasteiger partial charge in [-0.05, 0) is 25.8 Å². The van der Waals surface area contributed by atoms with Gasteiger partial charge in [0.2, 0.25) is 0 Å². The van der Waals surface area contributed by atoms with E-state index in [2.05, 4.69) is 60.1 Å². The maximum Gasteiger partial charge on any atom is 0.0762 e. The number of hydrogen-bond donors (Lipinski definition) is 1. The molecule has 4 heteroatoms. The lowest BCUT2D eigenvalue weighted by molar-refractivity contribution is 0.428. The highest BCUT2D eigenvalue weighted by molar-refractivity contribution is 9.09. The van der Waals surface area contributed by atoms with Gasteiger partial charge in [0.15, 0.2) is 0 Å². The van der Waals surface area contributed by atoms with Crippen molar-refractivity contribution in [1.82, 2.24) is 15.1 Å². The lowest BCUT2D eigenvalue weighted by atomic mass is 10.1. The molecule has 1 unspecified atom stereocenters. The highest BCUT2D eigenvalue weighted by Gasteiger charge is 2.11. The minimum Gasteiger partial charge on any atom is -0.307 e. The molecule has 0 aliphatic heterocycles. The van der Waals surface area contributed by atoms with Crippen molar-refractivity contribution in [2.45, 2.75) is 46.3 Å². The van der Waals surface area contributed by atoms with E-state index in [1.807, 2.05) is 10.9 Å². The van der Waals surface area contributed by atoms with Gasteiger partial charge in [0.25, 0.3) is 0 Å². The van der Waals surface area contributed by atoms with E-state index in [4.69, 9.17) is 0 Å². The Morgan fingerprint density at radius 1 is 1.38 bits per heavy atom. The first kappa shape index (κ1) is 13.7. The first-order chi connectivity index (χ1) is 7.54. The Bertz CT molecular complexity index is 307. The third kappa shape index (κ3) is 3.91. The molecule has 16 heavy (non-hydrogen) atoms. The molecular formula is C12H22BrN3. The van der Waals surface area contributed by atoms with Crippen LogP contribution in [-0.4, -0.2) is 21.2 Å². The largest absolute Gasteiger partial charge is 0.307 e. The maximum atomic E-state index is 4.51. The summed E-state index contributed by atoms with van der Waals surface area (Å²) in [6.07, 6.45) is 2.04. The van der Waals surface area contributed by atoms with Crippen molar-refractivity contribution in [2.75, 3.05) is 5.33 Å². The first-order valence-corrected chi connectivity index (χ1v) is 7.00. The summed E-state index contributed by atoms with van der Waals surface area (Å²) in [5.41, 5.74) is 1.11. The molecule has 1 aromatic heterocycles. The molecule has 0 aliphatic carbocycles. The molecular weight excluding hydrogens is 266 g/mol. The minimum absolute atomic E-state index is 0.436. The Labute approximate surface area is 107 Å². The van der Waals surface area contributed by atoms with Crippen LogP contribution in [0.2, 0.25) is 0 Å². The number of alkyl halides is 1. The fourth-order valence-corrected chi connectivity index (χ4v) is 2.44. The minimum atomic E-state index is 0.436. The molecule has 3 nitrogen and oxygen atoms in total. The molecule has 1 atom stereocenters. The third-order valence-electron chi connectivity index (χ3n) is 2.71. The van der Waals surface area contributed by atoms with Gasteiger partial charge in [0.1, 0.15) is 0 Å². The van der Waals surface area contributed by atoms with Gasteiger partial charge in [-0.2, -0.15) is 5.10 Å². The average molecular weight is 288 g/mol. The average Bonchev–Trinajstić information content (AvgIpc) is 2.67. The molecule has 0 fully saturated rings. The zero-order valence-electron chi connectivity index (χ0n) is 10.6. The summed E-state index contributed by atoms with van der Waals surface area (Å²) < 4.78 is 2.00. The topological polar surface area (TPSA) is 29.9 Å². The smallest absolute Gasteiger partial charge is 0.0762 e. The first-order valence-electron chi connectivity index (χ1n) is 5.88. The fourth-order valence-electron chi connectivity index (χ4n) is 1.46. The van der Waals surface area contributed by atoms with Crippen LogP contribution < -0.4 is 5.32 Å². The van der Waals surface area contributed by atoms with E-state index in [-0.39, 0.29) is 0 Å². The molecule has 92 valence electrons. The number of halogens is 1. The van der Waals surface area contributed by atoms with Crippen molar-refractivity contribution >= 4 is 15.9 Å². The van der Waals surface area contributed by atoms with E-state index in [0.717, 1.165) is 17.6 Å². The Morgan fingerprint density at radius 3 is 2.50 bits per heavy atom. The zero-order chi connectivity index (χ0) is 12.1. The molecule has 0 saturated carbocycles. The van der Waals surface area contributed by atoms with Crippen LogP contribution in [0.5, 0.6) is 0 Å². The molecule has 0 spiro atoms. The van der Waals surface area contributed by atoms with Crippen molar-refractivity contribution in [2.24, 2.45) is 5.92 Å². The molecule has 0 amide bonds. The van der Waals surface area contributed by atoms with Crippen LogP contribution >= 0.6 is 15.9 Å². The van der Waals surface area contributed by atoms with E-state index in [9.17, 15) is 0 Å². The maximum absolute atomic E-state index is 4.51. The normalized spacial score (nSPS) is 13.7. The van der Waals surface area contributed by atoms with Gasteiger partial charge in [-0.3, -0.25) is 4.68 Å². The van der Waals surface area contributed by atoms with Crippen LogP contribution in [0.15, 0.2) is 12.3 Å². The van der Waals surface area contributed by atoms with Crippen LogP contribution in [0, 0.1) is 5.92 Å². The summed E-state index contributed by atoms with van der Waals surface area (Å²) in [6.45, 7) is 9.57. The highest BCUT2D eigenvalue weighted by Crippen LogP contribution is 2.07. The van der Waals surface area contributed by atoms with Crippen molar-refractivity contribution in [3.63, 3.8) is 0 Å². The van der Waals surface area contributed by atoms with Gasteiger partial charge in [-0.1, -0.05) is 29.8 Å². The number of hydrogen-bond acceptors (Lipinski definition) is 2. The van der Waals surface area contributed by atoms with Crippen LogP contribution in [-0.2, 0) is 6.54 Å². The van der Waals surface area contributed by atoms with Crippen LogP contribution in [0.3, 0.4) is 0 Å². The van der Waals surface area contributed by atoms with Gasteiger partial charge in [-0.15, -0.1) is 0 Å². The number of nitrogens with zero attached hydrogens (tertiary/aromatic N) is 2. The summed E-state index contributed by atoms with van der Waals surface area (Å²) >= 11 is 3.53. The van der Waals surface area contributed by atoms with E-state index in [1.165, 1.54) is 0 Å². The third-order valence-corrected chi connectivity index (χ3v) is 3.41. The predicted octanol–water partition coefficient (Wildman–Crippen LogP) is 2.97. The second kappa shape index (κ2) is 6.40. The van der Waals surface area contributed by atoms with Crippen LogP contribution in [0.25, 0.3) is 0 Å². The van der Waals surface area contributed by atoms with Crippen molar-refractivity contribution in [3.05, 3.63) is 18.0 Å². The lowest BCUT2D eigenvalue weighted by Crippen LogP contribution is -2.34. The zero-order valence-corrected chi connectivity index (χ0v) is 12.2. The van der Waals surface area contributed by atoms with E-state index in [0.29, 0.717) is 18.0 Å². The van der Waals surface area contributed by atoms with Gasteiger partial charge in [0, 0.05) is 30.2 Å². The van der Waals surface area contributed by atoms with Crippen molar-refractivity contribution in [3.8, 4) is 0 Å². The predicted molar refractivity (Wildman–Crippen MR) is 71.9 cm³/mol. The molecule has 0 aliphatic rings. The number of aromatic nitrogens is 2. The molecule has 0 saturated heterocycles. The van der Waals surface area contributed by atoms with E-state index in [1.54, 1.807) is 0 Å². The Kier molecular flexibility index (Phi) is 5.49. The van der Waals surface area contributed by atoms with Gasteiger partial charge >= 0.3 is 0 Å². The van der Waals surface area contributed by atoms with Crippen LogP contribution in [0.4, 0.5) is 0 Å². The molecule has 0 aromatic carbocycles. The van der Waals surface area contributed by atoms with Crippen molar-refractivity contribution in [1.29, 1.82) is 0 Å². The molecule has 1 aromatic rings. The summed E-state index contributed by atoms with van der Waals surface area (Å²) in [5.74, 6) is 0.631. The van der Waals surface area contributed by atoms with Gasteiger partial charge < -0.3 is 5.32 Å². The Balaban J connectivity index is 2.47. The Morgan fingerprint density at radius 2 is 2.06 bits per heavy atom. The molecule has 1 rings (SSSR count). The van der Waals surface area contributed by atoms with Gasteiger partial charge in [-0.25, -0.2) is 0 Å². The number of nitrogens with one attached hydrogen (secondary N) is 1. The summed E-state index contributed by atoms with van der Waals surface area (Å²) in [5, 5.41) is 9.01. The lowest BCUT2D eigenvalue weighted by Gasteiger charge is -2.19. The fraction of sp³-hybridized carbons (Fsp3) is 0.750. The van der Waals surface area contributed by atoms with E-state index < -0.39 is 0 Å². The highest BCUT2D eigenvalue weighted by atomic mass is 79.9. The summed E-state index contributed by atoms with van der Waals surface area (Å²) in [7, 11) is 0. The van der Waals surface area contributed by atoms with E-state index >= 15 is 0 Å². The monoisotopic (exact) mass is 287 g/mol. The van der Waals surface area contributed by atoms with Gasteiger partial charge in [0.05, 0.1) is 5.69 Å². The molecule has 1 N–H and O–H groups in total. The second-order valence-electron chi connectivity index (χ2n) is 4.77. The Hall–Kier alpha value is -0.350. The van der Waals surface area contributed by atoms with Crippen molar-refractivity contribution < 1.29 is 0 Å². The molecule has 0 bridgehead atoms. The standard InChI is InChI=1S/C12H22BrN3/c1-9(2)12(7-13)14-8-11-5-6-16(15-11)10(3)4/h5-6,9-10,12,14H,7-8H2,1-4H3. The second-order valence-corrected chi connectivity index (χ2v) is 5.41.